The lowest BCUT2D eigenvalue weighted by Gasteiger charge is -2.07. The fourth-order valence-electron chi connectivity index (χ4n) is 1.32. The van der Waals surface area contributed by atoms with E-state index in [1.165, 1.54) is 0 Å². The van der Waals surface area contributed by atoms with Gasteiger partial charge in [-0.15, -0.1) is 0 Å². The van der Waals surface area contributed by atoms with Gasteiger partial charge in [0.2, 0.25) is 0 Å². The van der Waals surface area contributed by atoms with Gasteiger partial charge in [-0.05, 0) is 30.7 Å². The molecule has 0 spiro atoms. The number of anilines is 3. The smallest absolute Gasteiger partial charge is 0.132 e. The molecule has 0 fully saturated rings. The monoisotopic (exact) mass is 233 g/mol. The predicted octanol–water partition coefficient (Wildman–Crippen LogP) is 3.37. The summed E-state index contributed by atoms with van der Waals surface area (Å²) in [6.45, 7) is 1.92. The topological polar surface area (TPSA) is 50.9 Å². The SMILES string of the molecule is Cc1cnc(Nc2cccc(Cl)c2)cc1N. The average Bonchev–Trinajstić information content (AvgIpc) is 2.24. The molecule has 0 unspecified atom stereocenters. The highest BCUT2D eigenvalue weighted by Gasteiger charge is 1.99. The number of pyridine rings is 1. The van der Waals surface area contributed by atoms with Crippen LogP contribution in [-0.2, 0) is 0 Å². The van der Waals surface area contributed by atoms with E-state index in [1.807, 2.05) is 31.2 Å². The molecular formula is C12H12ClN3. The predicted molar refractivity (Wildman–Crippen MR) is 68.1 cm³/mol. The van der Waals surface area contributed by atoms with Crippen LogP contribution in [0.1, 0.15) is 5.56 Å². The molecule has 1 aromatic carbocycles. The first kappa shape index (κ1) is 10.8. The zero-order valence-electron chi connectivity index (χ0n) is 8.87. The van der Waals surface area contributed by atoms with Gasteiger partial charge in [0.1, 0.15) is 5.82 Å². The lowest BCUT2D eigenvalue weighted by molar-refractivity contribution is 1.26. The molecule has 16 heavy (non-hydrogen) atoms. The van der Waals surface area contributed by atoms with Crippen molar-refractivity contribution in [2.24, 2.45) is 0 Å². The number of rotatable bonds is 2. The van der Waals surface area contributed by atoms with E-state index in [4.69, 9.17) is 17.3 Å². The van der Waals surface area contributed by atoms with Crippen LogP contribution in [0, 0.1) is 6.92 Å². The van der Waals surface area contributed by atoms with E-state index in [-0.39, 0.29) is 0 Å². The normalized spacial score (nSPS) is 10.1. The summed E-state index contributed by atoms with van der Waals surface area (Å²) in [5.41, 5.74) is 8.38. The number of hydrogen-bond acceptors (Lipinski definition) is 3. The molecular weight excluding hydrogens is 222 g/mol. The third kappa shape index (κ3) is 2.44. The Hall–Kier alpha value is -1.74. The molecule has 4 heteroatoms. The maximum atomic E-state index is 5.88. The first-order chi connectivity index (χ1) is 7.65. The fraction of sp³-hybridized carbons (Fsp3) is 0.0833. The van der Waals surface area contributed by atoms with Gasteiger partial charge in [-0.1, -0.05) is 17.7 Å². The Labute approximate surface area is 99.3 Å². The van der Waals surface area contributed by atoms with Gasteiger partial charge in [-0.2, -0.15) is 0 Å². The van der Waals surface area contributed by atoms with E-state index in [1.54, 1.807) is 12.3 Å². The summed E-state index contributed by atoms with van der Waals surface area (Å²) in [6.07, 6.45) is 1.74. The maximum Gasteiger partial charge on any atom is 0.132 e. The molecule has 0 bridgehead atoms. The highest BCUT2D eigenvalue weighted by Crippen LogP contribution is 2.20. The maximum absolute atomic E-state index is 5.88. The van der Waals surface area contributed by atoms with Crippen LogP contribution in [0.4, 0.5) is 17.2 Å². The average molecular weight is 234 g/mol. The van der Waals surface area contributed by atoms with E-state index < -0.39 is 0 Å². The number of nitrogens with one attached hydrogen (secondary N) is 1. The van der Waals surface area contributed by atoms with Crippen molar-refractivity contribution in [2.45, 2.75) is 6.92 Å². The first-order valence-electron chi connectivity index (χ1n) is 4.90. The summed E-state index contributed by atoms with van der Waals surface area (Å²) in [4.78, 5) is 4.23. The molecule has 3 N–H and O–H groups in total. The summed E-state index contributed by atoms with van der Waals surface area (Å²) in [5, 5.41) is 3.82. The number of aryl methyl sites for hydroxylation is 1. The van der Waals surface area contributed by atoms with Crippen molar-refractivity contribution < 1.29 is 0 Å². The molecule has 0 aliphatic carbocycles. The molecule has 0 aliphatic heterocycles. The summed E-state index contributed by atoms with van der Waals surface area (Å²) in [7, 11) is 0. The van der Waals surface area contributed by atoms with Crippen molar-refractivity contribution in [1.29, 1.82) is 0 Å². The molecule has 0 saturated carbocycles. The van der Waals surface area contributed by atoms with Gasteiger partial charge in [0.05, 0.1) is 0 Å². The molecule has 2 aromatic rings. The molecule has 0 amide bonds. The van der Waals surface area contributed by atoms with Crippen LogP contribution in [0.3, 0.4) is 0 Å². The lowest BCUT2D eigenvalue weighted by atomic mass is 10.2. The molecule has 3 nitrogen and oxygen atoms in total. The van der Waals surface area contributed by atoms with E-state index in [9.17, 15) is 0 Å². The number of nitrogens with two attached hydrogens (primary N) is 1. The Morgan fingerprint density at radius 2 is 2.12 bits per heavy atom. The van der Waals surface area contributed by atoms with Crippen molar-refractivity contribution >= 4 is 28.8 Å². The minimum Gasteiger partial charge on any atom is -0.398 e. The third-order valence-corrected chi connectivity index (χ3v) is 2.48. The zero-order chi connectivity index (χ0) is 11.5. The van der Waals surface area contributed by atoms with Crippen LogP contribution >= 0.6 is 11.6 Å². The van der Waals surface area contributed by atoms with Crippen LogP contribution in [0.25, 0.3) is 0 Å². The molecule has 82 valence electrons. The Balaban J connectivity index is 2.24. The van der Waals surface area contributed by atoms with Crippen LogP contribution < -0.4 is 11.1 Å². The third-order valence-electron chi connectivity index (χ3n) is 2.24. The molecule has 2 rings (SSSR count). The first-order valence-corrected chi connectivity index (χ1v) is 5.27. The van der Waals surface area contributed by atoms with Crippen molar-refractivity contribution in [2.75, 3.05) is 11.1 Å². The van der Waals surface area contributed by atoms with Crippen LogP contribution in [0.15, 0.2) is 36.5 Å². The Morgan fingerprint density at radius 3 is 2.81 bits per heavy atom. The quantitative estimate of drug-likeness (QED) is 0.836. The summed E-state index contributed by atoms with van der Waals surface area (Å²) in [5.74, 6) is 0.713. The number of nitrogen functional groups attached to an aromatic ring is 1. The van der Waals surface area contributed by atoms with Crippen LogP contribution in [-0.4, -0.2) is 4.98 Å². The minimum absolute atomic E-state index is 0.685. The summed E-state index contributed by atoms with van der Waals surface area (Å²) >= 11 is 5.88. The van der Waals surface area contributed by atoms with Crippen LogP contribution in [0.2, 0.25) is 5.02 Å². The summed E-state index contributed by atoms with van der Waals surface area (Å²) in [6, 6.07) is 9.25. The molecule has 1 aromatic heterocycles. The van der Waals surface area contributed by atoms with Crippen molar-refractivity contribution in [3.63, 3.8) is 0 Å². The highest BCUT2D eigenvalue weighted by atomic mass is 35.5. The minimum atomic E-state index is 0.685. The fourth-order valence-corrected chi connectivity index (χ4v) is 1.51. The van der Waals surface area contributed by atoms with Crippen LogP contribution in [0.5, 0.6) is 0 Å². The van der Waals surface area contributed by atoms with Gasteiger partial charge in [0.25, 0.3) is 0 Å². The number of aromatic nitrogens is 1. The Bertz CT molecular complexity index is 511. The number of hydrogen-bond donors (Lipinski definition) is 2. The standard InChI is InChI=1S/C12H12ClN3/c1-8-7-15-12(6-11(8)14)16-10-4-2-3-9(13)5-10/h2-7H,1H3,(H3,14,15,16). The molecule has 0 saturated heterocycles. The van der Waals surface area contributed by atoms with Crippen molar-refractivity contribution in [1.82, 2.24) is 4.98 Å². The Kier molecular flexibility index (Phi) is 2.97. The van der Waals surface area contributed by atoms with E-state index in [0.29, 0.717) is 10.8 Å². The summed E-state index contributed by atoms with van der Waals surface area (Å²) < 4.78 is 0. The Morgan fingerprint density at radius 1 is 1.31 bits per heavy atom. The van der Waals surface area contributed by atoms with Gasteiger partial charge in [0, 0.05) is 28.7 Å². The van der Waals surface area contributed by atoms with Gasteiger partial charge in [-0.25, -0.2) is 4.98 Å². The molecule has 0 radical (unpaired) electrons. The second-order valence-corrected chi connectivity index (χ2v) is 4.00. The van der Waals surface area contributed by atoms with Gasteiger partial charge in [-0.3, -0.25) is 0 Å². The molecule has 0 atom stereocenters. The highest BCUT2D eigenvalue weighted by molar-refractivity contribution is 6.30. The number of benzene rings is 1. The van der Waals surface area contributed by atoms with E-state index in [0.717, 1.165) is 16.9 Å². The van der Waals surface area contributed by atoms with Gasteiger partial charge < -0.3 is 11.1 Å². The zero-order valence-corrected chi connectivity index (χ0v) is 9.62. The number of halogens is 1. The van der Waals surface area contributed by atoms with Gasteiger partial charge >= 0.3 is 0 Å². The lowest BCUT2D eigenvalue weighted by Crippen LogP contribution is -1.97. The van der Waals surface area contributed by atoms with Gasteiger partial charge in [0.15, 0.2) is 0 Å². The molecule has 0 aliphatic rings. The van der Waals surface area contributed by atoms with Crippen molar-refractivity contribution in [3.05, 3.63) is 47.1 Å². The molecule has 1 heterocycles. The largest absolute Gasteiger partial charge is 0.398 e. The second kappa shape index (κ2) is 4.41. The van der Waals surface area contributed by atoms with Crippen molar-refractivity contribution in [3.8, 4) is 0 Å². The van der Waals surface area contributed by atoms with E-state index >= 15 is 0 Å². The second-order valence-electron chi connectivity index (χ2n) is 3.56. The van der Waals surface area contributed by atoms with E-state index in [2.05, 4.69) is 10.3 Å². The number of nitrogens with zero attached hydrogens (tertiary/aromatic N) is 1.